The minimum absolute atomic E-state index is 0.120. The summed E-state index contributed by atoms with van der Waals surface area (Å²) < 4.78 is 39.5. The van der Waals surface area contributed by atoms with E-state index in [9.17, 15) is 28.1 Å². The number of rotatable bonds is 4. The number of alkyl halides is 3. The molecule has 0 aromatic heterocycles. The van der Waals surface area contributed by atoms with E-state index in [1.165, 1.54) is 6.07 Å². The van der Waals surface area contributed by atoms with Crippen LogP contribution in [0.4, 0.5) is 30.2 Å². The number of hydrogen-bond acceptors (Lipinski definition) is 4. The molecule has 28 heavy (non-hydrogen) atoms. The van der Waals surface area contributed by atoms with Gasteiger partial charge in [0.1, 0.15) is 5.56 Å². The van der Waals surface area contributed by atoms with Crippen LogP contribution in [0, 0.1) is 16.0 Å². The summed E-state index contributed by atoms with van der Waals surface area (Å²) in [5.74, 6) is -0.359. The van der Waals surface area contributed by atoms with Gasteiger partial charge >= 0.3 is 6.18 Å². The number of para-hydroxylation sites is 1. The fraction of sp³-hybridized carbons (Fsp3) is 0.316. The van der Waals surface area contributed by atoms with Crippen LogP contribution in [0.15, 0.2) is 48.5 Å². The van der Waals surface area contributed by atoms with E-state index < -0.39 is 22.4 Å². The molecule has 0 saturated carbocycles. The Bertz CT molecular complexity index is 864. The van der Waals surface area contributed by atoms with Crippen molar-refractivity contribution in [2.24, 2.45) is 5.92 Å². The number of anilines is 2. The molecular formula is C19H18F3N3O3. The van der Waals surface area contributed by atoms with Crippen LogP contribution in [0.25, 0.3) is 0 Å². The van der Waals surface area contributed by atoms with Crippen molar-refractivity contribution in [3.05, 3.63) is 64.2 Å². The molecule has 2 aromatic rings. The highest BCUT2D eigenvalue weighted by molar-refractivity contribution is 5.92. The van der Waals surface area contributed by atoms with Crippen molar-refractivity contribution < 1.29 is 22.9 Å². The van der Waals surface area contributed by atoms with Crippen LogP contribution in [0.3, 0.4) is 0 Å². The predicted octanol–water partition coefficient (Wildman–Crippen LogP) is 4.47. The van der Waals surface area contributed by atoms with Gasteiger partial charge in [-0.1, -0.05) is 18.2 Å². The summed E-state index contributed by atoms with van der Waals surface area (Å²) in [5.41, 5.74) is -1.27. The molecule has 0 bridgehead atoms. The normalized spacial score (nSPS) is 15.3. The van der Waals surface area contributed by atoms with Crippen molar-refractivity contribution in [3.63, 3.8) is 0 Å². The Hall–Kier alpha value is -3.10. The van der Waals surface area contributed by atoms with Gasteiger partial charge in [-0.05, 0) is 37.1 Å². The van der Waals surface area contributed by atoms with Crippen molar-refractivity contribution in [3.8, 4) is 0 Å². The van der Waals surface area contributed by atoms with E-state index in [2.05, 4.69) is 5.32 Å². The first-order valence-electron chi connectivity index (χ1n) is 8.72. The van der Waals surface area contributed by atoms with Gasteiger partial charge in [0.25, 0.3) is 5.69 Å². The van der Waals surface area contributed by atoms with Crippen LogP contribution in [0.2, 0.25) is 0 Å². The zero-order chi connectivity index (χ0) is 20.3. The highest BCUT2D eigenvalue weighted by Gasteiger charge is 2.39. The third-order valence-electron chi connectivity index (χ3n) is 4.75. The SMILES string of the molecule is O=C(Nc1ccccc1)C1CCN(c2ccc([N+](=O)[O-])c(C(F)(F)F)c2)CC1. The van der Waals surface area contributed by atoms with Gasteiger partial charge in [0.15, 0.2) is 0 Å². The molecule has 3 rings (SSSR count). The number of benzene rings is 2. The van der Waals surface area contributed by atoms with Gasteiger partial charge in [-0.25, -0.2) is 0 Å². The Balaban J connectivity index is 1.68. The molecule has 0 spiro atoms. The number of amides is 1. The minimum atomic E-state index is -4.81. The van der Waals surface area contributed by atoms with Gasteiger partial charge < -0.3 is 10.2 Å². The number of nitro benzene ring substituents is 1. The van der Waals surface area contributed by atoms with Crippen LogP contribution in [-0.2, 0) is 11.0 Å². The number of carbonyl (C=O) groups excluding carboxylic acids is 1. The number of piperidine rings is 1. The lowest BCUT2D eigenvalue weighted by Gasteiger charge is -2.33. The van der Waals surface area contributed by atoms with Gasteiger partial charge in [-0.15, -0.1) is 0 Å². The van der Waals surface area contributed by atoms with Gasteiger partial charge in [0.2, 0.25) is 5.91 Å². The molecule has 0 radical (unpaired) electrons. The maximum atomic E-state index is 13.2. The number of nitro groups is 1. The van der Waals surface area contributed by atoms with E-state index in [0.29, 0.717) is 31.6 Å². The summed E-state index contributed by atoms with van der Waals surface area (Å²) in [6.45, 7) is 0.782. The monoisotopic (exact) mass is 393 g/mol. The molecule has 1 fully saturated rings. The minimum Gasteiger partial charge on any atom is -0.371 e. The predicted molar refractivity (Wildman–Crippen MR) is 98.1 cm³/mol. The average Bonchev–Trinajstić information content (AvgIpc) is 2.67. The molecule has 6 nitrogen and oxygen atoms in total. The molecule has 1 saturated heterocycles. The summed E-state index contributed by atoms with van der Waals surface area (Å²) in [7, 11) is 0. The second-order valence-corrected chi connectivity index (χ2v) is 6.57. The third-order valence-corrected chi connectivity index (χ3v) is 4.75. The lowest BCUT2D eigenvalue weighted by molar-refractivity contribution is -0.388. The molecular weight excluding hydrogens is 375 g/mol. The van der Waals surface area contributed by atoms with E-state index in [-0.39, 0.29) is 17.5 Å². The van der Waals surface area contributed by atoms with Crippen LogP contribution in [-0.4, -0.2) is 23.9 Å². The molecule has 1 N–H and O–H groups in total. The van der Waals surface area contributed by atoms with Crippen LogP contribution in [0.5, 0.6) is 0 Å². The fourth-order valence-corrected chi connectivity index (χ4v) is 3.27. The van der Waals surface area contributed by atoms with Gasteiger partial charge in [0.05, 0.1) is 4.92 Å². The highest BCUT2D eigenvalue weighted by atomic mass is 19.4. The number of nitrogens with zero attached hydrogens (tertiary/aromatic N) is 2. The Kier molecular flexibility index (Phi) is 5.53. The Morgan fingerprint density at radius 2 is 1.75 bits per heavy atom. The molecule has 0 atom stereocenters. The largest absolute Gasteiger partial charge is 0.423 e. The second-order valence-electron chi connectivity index (χ2n) is 6.57. The zero-order valence-corrected chi connectivity index (χ0v) is 14.8. The number of carbonyl (C=O) groups is 1. The second kappa shape index (κ2) is 7.87. The first kappa shape index (κ1) is 19.7. The van der Waals surface area contributed by atoms with Crippen molar-refractivity contribution in [1.29, 1.82) is 0 Å². The maximum absolute atomic E-state index is 13.2. The van der Waals surface area contributed by atoms with E-state index in [4.69, 9.17) is 0 Å². The lowest BCUT2D eigenvalue weighted by atomic mass is 9.95. The Morgan fingerprint density at radius 1 is 1.11 bits per heavy atom. The van der Waals surface area contributed by atoms with Crippen LogP contribution in [0.1, 0.15) is 18.4 Å². The van der Waals surface area contributed by atoms with Crippen molar-refractivity contribution in [1.82, 2.24) is 0 Å². The summed E-state index contributed by atoms with van der Waals surface area (Å²) in [6, 6.07) is 12.0. The van der Waals surface area contributed by atoms with E-state index in [0.717, 1.165) is 12.1 Å². The third kappa shape index (κ3) is 4.41. The summed E-state index contributed by atoms with van der Waals surface area (Å²) in [4.78, 5) is 23.9. The Labute approximate surface area is 159 Å². The highest BCUT2D eigenvalue weighted by Crippen LogP contribution is 2.39. The quantitative estimate of drug-likeness (QED) is 0.614. The summed E-state index contributed by atoms with van der Waals surface area (Å²) in [6.07, 6.45) is -3.85. The molecule has 1 amide bonds. The molecule has 1 aliphatic rings. The van der Waals surface area contributed by atoms with Gasteiger partial charge in [-0.2, -0.15) is 13.2 Å². The number of halogens is 3. The van der Waals surface area contributed by atoms with Crippen molar-refractivity contribution >= 4 is 23.0 Å². The first-order chi connectivity index (χ1) is 13.3. The van der Waals surface area contributed by atoms with Crippen molar-refractivity contribution in [2.45, 2.75) is 19.0 Å². The van der Waals surface area contributed by atoms with Crippen molar-refractivity contribution in [2.75, 3.05) is 23.3 Å². The maximum Gasteiger partial charge on any atom is 0.423 e. The molecule has 0 unspecified atom stereocenters. The topological polar surface area (TPSA) is 75.5 Å². The molecule has 2 aromatic carbocycles. The lowest BCUT2D eigenvalue weighted by Crippen LogP contribution is -2.38. The average molecular weight is 393 g/mol. The summed E-state index contributed by atoms with van der Waals surface area (Å²) >= 11 is 0. The smallest absolute Gasteiger partial charge is 0.371 e. The van der Waals surface area contributed by atoms with Crippen LogP contribution >= 0.6 is 0 Å². The zero-order valence-electron chi connectivity index (χ0n) is 14.8. The van der Waals surface area contributed by atoms with Gasteiger partial charge in [0, 0.05) is 36.4 Å². The van der Waals surface area contributed by atoms with Crippen LogP contribution < -0.4 is 10.2 Å². The Morgan fingerprint density at radius 3 is 2.32 bits per heavy atom. The van der Waals surface area contributed by atoms with E-state index in [1.807, 2.05) is 18.2 Å². The molecule has 0 aliphatic carbocycles. The summed E-state index contributed by atoms with van der Waals surface area (Å²) in [5, 5.41) is 13.7. The molecule has 9 heteroatoms. The van der Waals surface area contributed by atoms with Gasteiger partial charge in [-0.3, -0.25) is 14.9 Å². The van der Waals surface area contributed by atoms with E-state index in [1.54, 1.807) is 17.0 Å². The molecule has 148 valence electrons. The fourth-order valence-electron chi connectivity index (χ4n) is 3.27. The van der Waals surface area contributed by atoms with E-state index >= 15 is 0 Å². The first-order valence-corrected chi connectivity index (χ1v) is 8.72. The standard InChI is InChI=1S/C19H18F3N3O3/c20-19(21,22)16-12-15(6-7-17(16)25(27)28)24-10-8-13(9-11-24)18(26)23-14-4-2-1-3-5-14/h1-7,12-13H,8-11H2,(H,23,26). The molecule has 1 aliphatic heterocycles. The number of hydrogen-bond donors (Lipinski definition) is 1. The molecule has 1 heterocycles. The number of nitrogens with one attached hydrogen (secondary N) is 1.